The molecule has 1 aliphatic carbocycles. The van der Waals surface area contributed by atoms with Crippen LogP contribution in [0.2, 0.25) is 0 Å². The average Bonchev–Trinajstić information content (AvgIpc) is 3.49. The summed E-state index contributed by atoms with van der Waals surface area (Å²) in [5, 5.41) is 0. The third-order valence-corrected chi connectivity index (χ3v) is 10.5. The molecular weight excluding hydrogens is 619 g/mol. The molecule has 1 aliphatic heterocycles. The molecule has 0 bridgehead atoms. The van der Waals surface area contributed by atoms with E-state index in [1.165, 1.54) is 44.5 Å². The Morgan fingerprint density at radius 3 is 1.63 bits per heavy atom. The van der Waals surface area contributed by atoms with Crippen LogP contribution in [0.15, 0.2) is 200 Å². The number of para-hydroxylation sites is 2. The molecule has 1 spiro atoms. The molecule has 0 N–H and O–H groups in total. The number of ether oxygens (including phenoxy) is 1. The Bertz CT molecular complexity index is 2560. The second-order valence-electron chi connectivity index (χ2n) is 13.3. The number of fused-ring (bicyclic) bond motifs is 9. The minimum Gasteiger partial charge on any atom is -0.457 e. The predicted octanol–water partition coefficient (Wildman–Crippen LogP) is 13.0. The van der Waals surface area contributed by atoms with E-state index in [0.717, 1.165) is 39.7 Å². The second-order valence-corrected chi connectivity index (χ2v) is 13.3. The Kier molecular flexibility index (Phi) is 6.75. The third kappa shape index (κ3) is 4.57. The van der Waals surface area contributed by atoms with Crippen LogP contribution < -0.4 is 9.64 Å². The Balaban J connectivity index is 1.22. The number of rotatable bonds is 5. The first kappa shape index (κ1) is 29.3. The van der Waals surface area contributed by atoms with Gasteiger partial charge in [-0.2, -0.15) is 0 Å². The van der Waals surface area contributed by atoms with Crippen LogP contribution in [0.5, 0.6) is 11.5 Å². The topological polar surface area (TPSA) is 12.5 Å². The van der Waals surface area contributed by atoms with Crippen LogP contribution in [-0.2, 0) is 5.41 Å². The van der Waals surface area contributed by atoms with Gasteiger partial charge in [-0.25, -0.2) is 0 Å². The molecule has 2 nitrogen and oxygen atoms in total. The van der Waals surface area contributed by atoms with Gasteiger partial charge < -0.3 is 9.64 Å². The Morgan fingerprint density at radius 1 is 0.314 bits per heavy atom. The van der Waals surface area contributed by atoms with Gasteiger partial charge in [0.2, 0.25) is 0 Å². The lowest BCUT2D eigenvalue weighted by atomic mass is 9.65. The van der Waals surface area contributed by atoms with Gasteiger partial charge >= 0.3 is 0 Å². The Hall–Kier alpha value is -6.64. The van der Waals surface area contributed by atoms with Crippen LogP contribution in [0.1, 0.15) is 22.3 Å². The van der Waals surface area contributed by atoms with Crippen LogP contribution >= 0.6 is 0 Å². The summed E-state index contributed by atoms with van der Waals surface area (Å²) < 4.78 is 6.70. The fourth-order valence-corrected chi connectivity index (χ4v) is 8.32. The first-order chi connectivity index (χ1) is 25.3. The highest BCUT2D eigenvalue weighted by Gasteiger charge is 2.51. The first-order valence-corrected chi connectivity index (χ1v) is 17.5. The van der Waals surface area contributed by atoms with Crippen LogP contribution in [0, 0.1) is 0 Å². The molecule has 8 aromatic rings. The van der Waals surface area contributed by atoms with E-state index in [2.05, 4.69) is 205 Å². The number of benzene rings is 8. The lowest BCUT2D eigenvalue weighted by Crippen LogP contribution is -2.32. The molecule has 1 unspecified atom stereocenters. The Labute approximate surface area is 298 Å². The summed E-state index contributed by atoms with van der Waals surface area (Å²) in [6.07, 6.45) is 0. The van der Waals surface area contributed by atoms with Crippen LogP contribution in [-0.4, -0.2) is 0 Å². The SMILES string of the molecule is c1ccc(-c2cccc(N(c3ccccc3)c3ccc4c(c3)-c3ccccc3C43c4ccccc4Oc4ccc(-c5ccccc5)cc43)c2)cc1. The van der Waals surface area contributed by atoms with Crippen molar-refractivity contribution in [2.45, 2.75) is 5.41 Å². The van der Waals surface area contributed by atoms with Crippen molar-refractivity contribution in [1.82, 2.24) is 0 Å². The summed E-state index contributed by atoms with van der Waals surface area (Å²) in [6, 6.07) is 72.0. The molecule has 10 rings (SSSR count). The minimum atomic E-state index is -0.551. The number of hydrogen-bond acceptors (Lipinski definition) is 2. The molecular formula is C49H33NO. The van der Waals surface area contributed by atoms with Crippen molar-refractivity contribution in [2.24, 2.45) is 0 Å². The van der Waals surface area contributed by atoms with E-state index < -0.39 is 5.41 Å². The molecule has 0 fully saturated rings. The highest BCUT2D eigenvalue weighted by atomic mass is 16.5. The van der Waals surface area contributed by atoms with Gasteiger partial charge in [0.1, 0.15) is 11.5 Å². The summed E-state index contributed by atoms with van der Waals surface area (Å²) >= 11 is 0. The third-order valence-electron chi connectivity index (χ3n) is 10.5. The van der Waals surface area contributed by atoms with E-state index in [9.17, 15) is 0 Å². The van der Waals surface area contributed by atoms with Crippen LogP contribution in [0.3, 0.4) is 0 Å². The van der Waals surface area contributed by atoms with Crippen molar-refractivity contribution in [1.29, 1.82) is 0 Å². The lowest BCUT2D eigenvalue weighted by Gasteiger charge is -2.39. The summed E-state index contributed by atoms with van der Waals surface area (Å²) in [5.41, 5.74) is 14.9. The van der Waals surface area contributed by atoms with E-state index in [1.807, 2.05) is 0 Å². The van der Waals surface area contributed by atoms with E-state index >= 15 is 0 Å². The van der Waals surface area contributed by atoms with Gasteiger partial charge in [-0.15, -0.1) is 0 Å². The summed E-state index contributed by atoms with van der Waals surface area (Å²) in [7, 11) is 0. The normalized spacial score (nSPS) is 14.9. The van der Waals surface area contributed by atoms with E-state index in [1.54, 1.807) is 0 Å². The molecule has 0 saturated heterocycles. The zero-order chi connectivity index (χ0) is 33.8. The van der Waals surface area contributed by atoms with Crippen LogP contribution in [0.4, 0.5) is 17.1 Å². The largest absolute Gasteiger partial charge is 0.457 e. The van der Waals surface area contributed by atoms with Gasteiger partial charge in [0, 0.05) is 28.2 Å². The van der Waals surface area contributed by atoms with Gasteiger partial charge in [0.05, 0.1) is 5.41 Å². The molecule has 0 amide bonds. The summed E-state index contributed by atoms with van der Waals surface area (Å²) in [6.45, 7) is 0. The minimum absolute atomic E-state index is 0.551. The van der Waals surface area contributed by atoms with Crippen molar-refractivity contribution < 1.29 is 4.74 Å². The van der Waals surface area contributed by atoms with E-state index in [4.69, 9.17) is 4.74 Å². The quantitative estimate of drug-likeness (QED) is 0.184. The molecule has 0 aromatic heterocycles. The summed E-state index contributed by atoms with van der Waals surface area (Å²) in [5.74, 6) is 1.79. The van der Waals surface area contributed by atoms with Gasteiger partial charge in [-0.3, -0.25) is 0 Å². The molecule has 8 aromatic carbocycles. The van der Waals surface area contributed by atoms with Gasteiger partial charge in [0.15, 0.2) is 0 Å². The molecule has 1 atom stereocenters. The average molecular weight is 652 g/mol. The standard InChI is InChI=1S/C49H33NO/c1-4-15-34(16-5-1)36-19-14-22-39(31-36)50(38-20-8-3-9-21-38)40-28-29-44-42(33-40)41-23-10-11-24-43(41)49(44)45-25-12-13-26-47(45)51-48-30-27-37(32-46(48)49)35-17-6-2-7-18-35/h1-33H. The highest BCUT2D eigenvalue weighted by Crippen LogP contribution is 2.63. The maximum Gasteiger partial charge on any atom is 0.132 e. The molecule has 0 saturated carbocycles. The monoisotopic (exact) mass is 651 g/mol. The fourth-order valence-electron chi connectivity index (χ4n) is 8.32. The van der Waals surface area contributed by atoms with Crippen molar-refractivity contribution in [3.63, 3.8) is 0 Å². The van der Waals surface area contributed by atoms with Crippen LogP contribution in [0.25, 0.3) is 33.4 Å². The fraction of sp³-hybridized carbons (Fsp3) is 0.0204. The number of nitrogens with zero attached hydrogens (tertiary/aromatic N) is 1. The van der Waals surface area contributed by atoms with Gasteiger partial charge in [-0.1, -0.05) is 146 Å². The van der Waals surface area contributed by atoms with Gasteiger partial charge in [0.25, 0.3) is 0 Å². The molecule has 0 radical (unpaired) electrons. The molecule has 2 aliphatic rings. The van der Waals surface area contributed by atoms with E-state index in [-0.39, 0.29) is 0 Å². The lowest BCUT2D eigenvalue weighted by molar-refractivity contribution is 0.436. The van der Waals surface area contributed by atoms with Gasteiger partial charge in [-0.05, 0) is 99.1 Å². The number of hydrogen-bond donors (Lipinski definition) is 0. The zero-order valence-corrected chi connectivity index (χ0v) is 27.9. The van der Waals surface area contributed by atoms with Crippen molar-refractivity contribution in [2.75, 3.05) is 4.90 Å². The Morgan fingerprint density at radius 2 is 0.863 bits per heavy atom. The van der Waals surface area contributed by atoms with Crippen molar-refractivity contribution in [3.8, 4) is 44.9 Å². The predicted molar refractivity (Wildman–Crippen MR) is 209 cm³/mol. The maximum absolute atomic E-state index is 6.70. The molecule has 2 heteroatoms. The zero-order valence-electron chi connectivity index (χ0n) is 27.9. The highest BCUT2D eigenvalue weighted by molar-refractivity contribution is 5.92. The molecule has 51 heavy (non-hydrogen) atoms. The smallest absolute Gasteiger partial charge is 0.132 e. The van der Waals surface area contributed by atoms with Crippen molar-refractivity contribution in [3.05, 3.63) is 222 Å². The summed E-state index contributed by atoms with van der Waals surface area (Å²) in [4.78, 5) is 2.37. The van der Waals surface area contributed by atoms with Crippen molar-refractivity contribution >= 4 is 17.1 Å². The molecule has 1 heterocycles. The van der Waals surface area contributed by atoms with E-state index in [0.29, 0.717) is 0 Å². The maximum atomic E-state index is 6.70. The second kappa shape index (κ2) is 11.8. The number of anilines is 3. The first-order valence-electron chi connectivity index (χ1n) is 17.5. The molecule has 240 valence electrons.